The molecule has 0 saturated carbocycles. The van der Waals surface area contributed by atoms with E-state index < -0.39 is 0 Å². The number of aliphatic imine (C=N–C) groups is 1. The maximum absolute atomic E-state index is 11.9. The van der Waals surface area contributed by atoms with E-state index in [4.69, 9.17) is 0 Å². The third-order valence-electron chi connectivity index (χ3n) is 5.36. The fourth-order valence-corrected chi connectivity index (χ4v) is 3.31. The van der Waals surface area contributed by atoms with Gasteiger partial charge >= 0.3 is 0 Å². The van der Waals surface area contributed by atoms with Gasteiger partial charge in [0.1, 0.15) is 0 Å². The molecule has 7 heteroatoms. The lowest BCUT2D eigenvalue weighted by atomic mass is 10.1. The normalized spacial score (nSPS) is 15.7. The molecule has 6 nitrogen and oxygen atoms in total. The summed E-state index contributed by atoms with van der Waals surface area (Å²) in [5.74, 6) is 0.971. The Hall–Kier alpha value is -1.51. The highest BCUT2D eigenvalue weighted by atomic mass is 127. The van der Waals surface area contributed by atoms with Gasteiger partial charge < -0.3 is 20.4 Å². The van der Waals surface area contributed by atoms with Crippen LogP contribution in [-0.2, 0) is 4.79 Å². The Labute approximate surface area is 187 Å². The summed E-state index contributed by atoms with van der Waals surface area (Å²) in [5.41, 5.74) is 4.03. The third kappa shape index (κ3) is 6.83. The van der Waals surface area contributed by atoms with Crippen LogP contribution in [0.4, 0.5) is 5.69 Å². The fraction of sp³-hybridized carbons (Fsp3) is 0.619. The van der Waals surface area contributed by atoms with E-state index in [2.05, 4.69) is 64.4 Å². The summed E-state index contributed by atoms with van der Waals surface area (Å²) in [5, 5.41) is 6.33. The number of nitrogens with one attached hydrogen (secondary N) is 2. The molecule has 2 N–H and O–H groups in total. The predicted octanol–water partition coefficient (Wildman–Crippen LogP) is 2.92. The van der Waals surface area contributed by atoms with Gasteiger partial charge in [0.15, 0.2) is 5.96 Å². The van der Waals surface area contributed by atoms with Crippen molar-refractivity contribution in [1.82, 2.24) is 15.5 Å². The van der Waals surface area contributed by atoms with E-state index in [9.17, 15) is 4.79 Å². The molecule has 1 aromatic rings. The van der Waals surface area contributed by atoms with Crippen LogP contribution >= 0.6 is 24.0 Å². The third-order valence-corrected chi connectivity index (χ3v) is 5.36. The minimum atomic E-state index is 0. The molecule has 1 saturated heterocycles. The van der Waals surface area contributed by atoms with Crippen molar-refractivity contribution >= 4 is 41.5 Å². The van der Waals surface area contributed by atoms with E-state index in [1.807, 2.05) is 6.92 Å². The van der Waals surface area contributed by atoms with Gasteiger partial charge in [-0.25, -0.2) is 0 Å². The number of guanidine groups is 1. The summed E-state index contributed by atoms with van der Waals surface area (Å²) in [7, 11) is 1.80. The van der Waals surface area contributed by atoms with Gasteiger partial charge in [-0.15, -0.1) is 24.0 Å². The Kier molecular flexibility index (Phi) is 10.6. The molecule has 0 bridgehead atoms. The highest BCUT2D eigenvalue weighted by Gasteiger charge is 2.21. The lowest BCUT2D eigenvalue weighted by molar-refractivity contribution is -0.121. The van der Waals surface area contributed by atoms with Gasteiger partial charge in [-0.05, 0) is 44.4 Å². The van der Waals surface area contributed by atoms with Gasteiger partial charge in [-0.2, -0.15) is 0 Å². The lowest BCUT2D eigenvalue weighted by Crippen LogP contribution is -2.53. The van der Waals surface area contributed by atoms with Crippen molar-refractivity contribution in [2.45, 2.75) is 46.6 Å². The summed E-state index contributed by atoms with van der Waals surface area (Å²) in [6.07, 6.45) is 1.41. The molecule has 1 fully saturated rings. The van der Waals surface area contributed by atoms with Gasteiger partial charge in [0.05, 0.1) is 0 Å². The zero-order chi connectivity index (χ0) is 19.8. The number of anilines is 1. The molecule has 1 aliphatic heterocycles. The molecule has 158 valence electrons. The molecule has 1 atom stereocenters. The van der Waals surface area contributed by atoms with E-state index in [0.717, 1.165) is 38.6 Å². The monoisotopic (exact) mass is 501 g/mol. The second-order valence-electron chi connectivity index (χ2n) is 7.29. The molecule has 0 radical (unpaired) electrons. The summed E-state index contributed by atoms with van der Waals surface area (Å²) in [4.78, 5) is 21.0. The molecule has 1 amide bonds. The Bertz CT molecular complexity index is 656. The van der Waals surface area contributed by atoms with Crippen molar-refractivity contribution < 1.29 is 4.79 Å². The molecule has 0 aliphatic carbocycles. The molecule has 0 spiro atoms. The first kappa shape index (κ1) is 24.5. The van der Waals surface area contributed by atoms with Crippen LogP contribution in [0.3, 0.4) is 0 Å². The number of piperazine rings is 1. The van der Waals surface area contributed by atoms with Crippen LogP contribution in [-0.4, -0.2) is 62.6 Å². The first-order valence-corrected chi connectivity index (χ1v) is 10.0. The number of rotatable bonds is 6. The zero-order valence-electron chi connectivity index (χ0n) is 17.9. The highest BCUT2D eigenvalue weighted by molar-refractivity contribution is 14.0. The van der Waals surface area contributed by atoms with Gasteiger partial charge in [-0.3, -0.25) is 9.79 Å². The van der Waals surface area contributed by atoms with Crippen LogP contribution in [0.15, 0.2) is 23.2 Å². The van der Waals surface area contributed by atoms with Crippen LogP contribution in [0.2, 0.25) is 0 Å². The second kappa shape index (κ2) is 12.1. The zero-order valence-corrected chi connectivity index (χ0v) is 20.2. The summed E-state index contributed by atoms with van der Waals surface area (Å²) in [6.45, 7) is 12.9. The number of carbonyl (C=O) groups is 1. The Morgan fingerprint density at radius 2 is 1.89 bits per heavy atom. The van der Waals surface area contributed by atoms with E-state index in [1.54, 1.807) is 7.05 Å². The molecule has 1 heterocycles. The topological polar surface area (TPSA) is 60.0 Å². The number of amides is 1. The van der Waals surface area contributed by atoms with Gasteiger partial charge in [0.25, 0.3) is 0 Å². The number of nitrogens with zero attached hydrogens (tertiary/aromatic N) is 3. The smallest absolute Gasteiger partial charge is 0.221 e. The van der Waals surface area contributed by atoms with Crippen LogP contribution in [0.5, 0.6) is 0 Å². The van der Waals surface area contributed by atoms with Crippen molar-refractivity contribution in [3.8, 4) is 0 Å². The number of hydrogen-bond donors (Lipinski definition) is 2. The number of benzene rings is 1. The lowest BCUT2D eigenvalue weighted by Gasteiger charge is -2.38. The number of carbonyl (C=O) groups excluding carboxylic acids is 1. The van der Waals surface area contributed by atoms with Gasteiger partial charge in [-0.1, -0.05) is 19.1 Å². The fourth-order valence-electron chi connectivity index (χ4n) is 3.31. The standard InChI is InChI=1S/C21H35N5O.HI/c1-6-17(3)24-20(27)10-11-23-21(22-5)26-14-12-25(13-15-26)19-9-7-8-16(2)18(19)4;/h7-9,17H,6,10-15H2,1-5H3,(H,22,23)(H,24,27);1H. The molecular formula is C21H36IN5O. The van der Waals surface area contributed by atoms with Gasteiger partial charge in [0.2, 0.25) is 5.91 Å². The SMILES string of the molecule is CCC(C)NC(=O)CCNC(=NC)N1CCN(c2cccc(C)c2C)CC1.I. The van der Waals surface area contributed by atoms with Crippen LogP contribution < -0.4 is 15.5 Å². The maximum atomic E-state index is 11.9. The quantitative estimate of drug-likeness (QED) is 0.358. The van der Waals surface area contributed by atoms with Crippen LogP contribution in [0, 0.1) is 13.8 Å². The van der Waals surface area contributed by atoms with Crippen molar-refractivity contribution in [1.29, 1.82) is 0 Å². The van der Waals surface area contributed by atoms with E-state index in [0.29, 0.717) is 13.0 Å². The molecule has 28 heavy (non-hydrogen) atoms. The summed E-state index contributed by atoms with van der Waals surface area (Å²) >= 11 is 0. The van der Waals surface area contributed by atoms with Crippen molar-refractivity contribution in [3.63, 3.8) is 0 Å². The Morgan fingerprint density at radius 1 is 1.21 bits per heavy atom. The Balaban J connectivity index is 0.00000392. The molecule has 1 aliphatic rings. The number of hydrogen-bond acceptors (Lipinski definition) is 3. The molecule has 1 unspecified atom stereocenters. The van der Waals surface area contributed by atoms with Crippen molar-refractivity contribution in [3.05, 3.63) is 29.3 Å². The maximum Gasteiger partial charge on any atom is 0.221 e. The minimum Gasteiger partial charge on any atom is -0.368 e. The molecule has 1 aromatic carbocycles. The van der Waals surface area contributed by atoms with Crippen LogP contribution in [0.1, 0.15) is 37.8 Å². The summed E-state index contributed by atoms with van der Waals surface area (Å²) in [6, 6.07) is 6.74. The number of aryl methyl sites for hydroxylation is 1. The first-order chi connectivity index (χ1) is 13.0. The van der Waals surface area contributed by atoms with E-state index in [-0.39, 0.29) is 35.9 Å². The van der Waals surface area contributed by atoms with Crippen molar-refractivity contribution in [2.75, 3.05) is 44.7 Å². The van der Waals surface area contributed by atoms with Crippen LogP contribution in [0.25, 0.3) is 0 Å². The molecule has 2 rings (SSSR count). The molecule has 0 aromatic heterocycles. The average molecular weight is 501 g/mol. The minimum absolute atomic E-state index is 0. The predicted molar refractivity (Wildman–Crippen MR) is 129 cm³/mol. The largest absolute Gasteiger partial charge is 0.368 e. The van der Waals surface area contributed by atoms with Crippen molar-refractivity contribution in [2.24, 2.45) is 4.99 Å². The van der Waals surface area contributed by atoms with E-state index in [1.165, 1.54) is 16.8 Å². The van der Waals surface area contributed by atoms with Gasteiger partial charge in [0, 0.05) is 57.9 Å². The highest BCUT2D eigenvalue weighted by Crippen LogP contribution is 2.23. The average Bonchev–Trinajstić information content (AvgIpc) is 2.67. The number of halogens is 1. The first-order valence-electron chi connectivity index (χ1n) is 10.0. The summed E-state index contributed by atoms with van der Waals surface area (Å²) < 4.78 is 0. The van der Waals surface area contributed by atoms with E-state index >= 15 is 0 Å². The Morgan fingerprint density at radius 3 is 2.50 bits per heavy atom. The molecular weight excluding hydrogens is 465 g/mol. The second-order valence-corrected chi connectivity index (χ2v) is 7.29.